The zero-order chi connectivity index (χ0) is 18.0. The van der Waals surface area contributed by atoms with Gasteiger partial charge in [0.2, 0.25) is 0 Å². The molecule has 0 aromatic heterocycles. The van der Waals surface area contributed by atoms with Crippen molar-refractivity contribution in [3.63, 3.8) is 0 Å². The minimum Gasteiger partial charge on any atom is -0.550 e. The summed E-state index contributed by atoms with van der Waals surface area (Å²) in [6, 6.07) is 0. The first-order valence-electron chi connectivity index (χ1n) is 9.44. The highest BCUT2D eigenvalue weighted by Crippen LogP contribution is 2.11. The van der Waals surface area contributed by atoms with Crippen LogP contribution in [0.2, 0.25) is 0 Å². The molecule has 0 saturated heterocycles. The largest absolute Gasteiger partial charge is 0.550 e. The Morgan fingerprint density at radius 2 is 1.22 bits per heavy atom. The van der Waals surface area contributed by atoms with E-state index in [2.05, 4.69) is 28.1 Å². The molecule has 0 atom stereocenters. The van der Waals surface area contributed by atoms with Gasteiger partial charge in [0.1, 0.15) is 6.54 Å². The molecule has 1 N–H and O–H groups in total. The Labute approximate surface area is 144 Å². The highest BCUT2D eigenvalue weighted by atomic mass is 16.4. The number of hydrogen-bond donors (Lipinski definition) is 1. The third kappa shape index (κ3) is 29.9. The van der Waals surface area contributed by atoms with Crippen LogP contribution in [0.4, 0.5) is 0 Å². The van der Waals surface area contributed by atoms with Crippen molar-refractivity contribution in [1.29, 1.82) is 0 Å². The molecule has 140 valence electrons. The fraction of sp³-hybridized carbons (Fsp3) is 0.947. The van der Waals surface area contributed by atoms with Gasteiger partial charge >= 0.3 is 0 Å². The van der Waals surface area contributed by atoms with Crippen molar-refractivity contribution >= 4 is 5.97 Å². The number of unbranched alkanes of at least 4 members (excludes halogenated alkanes) is 10. The Bertz CT molecular complexity index is 249. The average Bonchev–Trinajstić information content (AvgIpc) is 2.44. The van der Waals surface area contributed by atoms with Crippen molar-refractivity contribution in [2.24, 2.45) is 0 Å². The van der Waals surface area contributed by atoms with Crippen molar-refractivity contribution in [1.82, 2.24) is 0 Å². The summed E-state index contributed by atoms with van der Waals surface area (Å²) in [5.41, 5.74) is 0. The maximum absolute atomic E-state index is 10.1. The van der Waals surface area contributed by atoms with Crippen molar-refractivity contribution < 1.29 is 19.5 Å². The van der Waals surface area contributed by atoms with Crippen LogP contribution in [0.25, 0.3) is 0 Å². The smallest absolute Gasteiger partial charge is 0.101 e. The van der Waals surface area contributed by atoms with E-state index in [1.165, 1.54) is 57.8 Å². The SMILES string of the molecule is CCCCCCCCCCCCCC(=O)[O-].C[N+](C)(C)CCO. The summed E-state index contributed by atoms with van der Waals surface area (Å²) in [6.07, 6.45) is 14.0. The van der Waals surface area contributed by atoms with Gasteiger partial charge in [-0.15, -0.1) is 0 Å². The maximum Gasteiger partial charge on any atom is 0.101 e. The molecular weight excluding hydrogens is 290 g/mol. The molecule has 0 fully saturated rings. The summed E-state index contributed by atoms with van der Waals surface area (Å²) in [5, 5.41) is 18.5. The highest BCUT2D eigenvalue weighted by molar-refractivity contribution is 5.63. The van der Waals surface area contributed by atoms with E-state index >= 15 is 0 Å². The lowest BCUT2D eigenvalue weighted by Gasteiger charge is -2.21. The van der Waals surface area contributed by atoms with Crippen LogP contribution in [-0.4, -0.2) is 49.9 Å². The molecule has 4 heteroatoms. The van der Waals surface area contributed by atoms with Gasteiger partial charge in [0.05, 0.1) is 27.7 Å². The Kier molecular flexibility index (Phi) is 19.0. The Morgan fingerprint density at radius 1 is 0.826 bits per heavy atom. The van der Waals surface area contributed by atoms with Gasteiger partial charge in [-0.2, -0.15) is 0 Å². The molecule has 0 aromatic carbocycles. The number of nitrogens with zero attached hydrogens (tertiary/aromatic N) is 1. The standard InChI is InChI=1S/C14H28O2.C5H14NO/c1-2-3-4-5-6-7-8-9-10-11-12-13-14(15)16;1-6(2,3)4-5-7/h2-13H2,1H3,(H,15,16);7H,4-5H2,1-3H3/q;+1/p-1. The van der Waals surface area contributed by atoms with E-state index in [-0.39, 0.29) is 13.0 Å². The van der Waals surface area contributed by atoms with Gasteiger partial charge in [0.15, 0.2) is 0 Å². The molecule has 0 aliphatic carbocycles. The second-order valence-corrected chi connectivity index (χ2v) is 7.40. The second kappa shape index (κ2) is 17.7. The number of rotatable bonds is 14. The van der Waals surface area contributed by atoms with Crippen LogP contribution in [0.3, 0.4) is 0 Å². The fourth-order valence-corrected chi connectivity index (χ4v) is 2.23. The topological polar surface area (TPSA) is 60.4 Å². The lowest BCUT2D eigenvalue weighted by atomic mass is 10.1. The van der Waals surface area contributed by atoms with E-state index in [1.807, 2.05) is 0 Å². The predicted molar refractivity (Wildman–Crippen MR) is 96.1 cm³/mol. The van der Waals surface area contributed by atoms with Crippen LogP contribution in [0, 0.1) is 0 Å². The lowest BCUT2D eigenvalue weighted by molar-refractivity contribution is -0.870. The highest BCUT2D eigenvalue weighted by Gasteiger charge is 2.02. The van der Waals surface area contributed by atoms with Crippen molar-refractivity contribution in [2.45, 2.75) is 84.0 Å². The van der Waals surface area contributed by atoms with Gasteiger partial charge in [0, 0.05) is 5.97 Å². The van der Waals surface area contributed by atoms with Crippen molar-refractivity contribution in [3.8, 4) is 0 Å². The van der Waals surface area contributed by atoms with Crippen LogP contribution < -0.4 is 5.11 Å². The third-order valence-electron chi connectivity index (χ3n) is 3.76. The van der Waals surface area contributed by atoms with Gasteiger partial charge in [-0.05, 0) is 12.8 Å². The Morgan fingerprint density at radius 3 is 1.48 bits per heavy atom. The number of hydrogen-bond acceptors (Lipinski definition) is 3. The van der Waals surface area contributed by atoms with E-state index in [1.54, 1.807) is 0 Å². The number of carbonyl (C=O) groups is 1. The fourth-order valence-electron chi connectivity index (χ4n) is 2.23. The van der Waals surface area contributed by atoms with E-state index in [0.717, 1.165) is 23.9 Å². The first kappa shape index (κ1) is 24.6. The van der Waals surface area contributed by atoms with E-state index in [4.69, 9.17) is 5.11 Å². The monoisotopic (exact) mass is 331 g/mol. The third-order valence-corrected chi connectivity index (χ3v) is 3.76. The number of quaternary nitrogens is 1. The van der Waals surface area contributed by atoms with Crippen LogP contribution in [0.15, 0.2) is 0 Å². The molecule has 0 saturated carbocycles. The number of aliphatic hydroxyl groups excluding tert-OH is 1. The van der Waals surface area contributed by atoms with Gasteiger partial charge in [-0.3, -0.25) is 0 Å². The van der Waals surface area contributed by atoms with Gasteiger partial charge in [-0.25, -0.2) is 0 Å². The minimum atomic E-state index is -0.907. The lowest BCUT2D eigenvalue weighted by Crippen LogP contribution is -2.36. The second-order valence-electron chi connectivity index (χ2n) is 7.40. The molecule has 23 heavy (non-hydrogen) atoms. The summed E-state index contributed by atoms with van der Waals surface area (Å²) in [5.74, 6) is -0.907. The van der Waals surface area contributed by atoms with Crippen molar-refractivity contribution in [3.05, 3.63) is 0 Å². The molecule has 0 unspecified atom stereocenters. The Balaban J connectivity index is 0. The molecule has 0 rings (SSSR count). The number of carbonyl (C=O) groups excluding carboxylic acids is 1. The van der Waals surface area contributed by atoms with Gasteiger partial charge in [-0.1, -0.05) is 71.1 Å². The summed E-state index contributed by atoms with van der Waals surface area (Å²) < 4.78 is 0.844. The summed E-state index contributed by atoms with van der Waals surface area (Å²) in [7, 11) is 6.16. The number of carboxylic acids is 1. The molecule has 0 aromatic rings. The van der Waals surface area contributed by atoms with Crippen molar-refractivity contribution in [2.75, 3.05) is 34.3 Å². The Hall–Kier alpha value is -0.610. The quantitative estimate of drug-likeness (QED) is 0.393. The van der Waals surface area contributed by atoms with Gasteiger partial charge < -0.3 is 19.5 Å². The van der Waals surface area contributed by atoms with E-state index < -0.39 is 5.97 Å². The van der Waals surface area contributed by atoms with Crippen LogP contribution in [0.5, 0.6) is 0 Å². The summed E-state index contributed by atoms with van der Waals surface area (Å²) in [6.45, 7) is 3.36. The summed E-state index contributed by atoms with van der Waals surface area (Å²) in [4.78, 5) is 10.1. The van der Waals surface area contributed by atoms with Crippen LogP contribution >= 0.6 is 0 Å². The normalized spacial score (nSPS) is 11.0. The number of carboxylic acid groups (broad SMARTS) is 1. The molecule has 0 amide bonds. The average molecular weight is 332 g/mol. The number of likely N-dealkylation sites (N-methyl/N-ethyl adjacent to an activating group) is 1. The molecule has 0 bridgehead atoms. The van der Waals surface area contributed by atoms with E-state index in [9.17, 15) is 9.90 Å². The summed E-state index contributed by atoms with van der Waals surface area (Å²) >= 11 is 0. The zero-order valence-electron chi connectivity index (χ0n) is 16.1. The minimum absolute atomic E-state index is 0.233. The van der Waals surface area contributed by atoms with Gasteiger partial charge in [0.25, 0.3) is 0 Å². The molecule has 0 radical (unpaired) electrons. The van der Waals surface area contributed by atoms with Crippen LogP contribution in [0.1, 0.15) is 84.0 Å². The predicted octanol–water partition coefficient (Wildman–Crippen LogP) is 3.12. The molecule has 0 aliphatic heterocycles. The molecular formula is C19H41NO3. The zero-order valence-corrected chi connectivity index (χ0v) is 16.1. The first-order valence-corrected chi connectivity index (χ1v) is 9.44. The van der Waals surface area contributed by atoms with E-state index in [0.29, 0.717) is 0 Å². The number of aliphatic carboxylic acids is 1. The molecule has 0 spiro atoms. The number of aliphatic hydroxyl groups is 1. The first-order chi connectivity index (χ1) is 10.8. The molecule has 0 heterocycles. The van der Waals surface area contributed by atoms with Crippen LogP contribution in [-0.2, 0) is 4.79 Å². The molecule has 4 nitrogen and oxygen atoms in total. The maximum atomic E-state index is 10.1. The molecule has 0 aliphatic rings.